The van der Waals surface area contributed by atoms with Crippen molar-refractivity contribution >= 4 is 5.78 Å². The molecular formula is C10H21NO. The molecule has 0 saturated carbocycles. The van der Waals surface area contributed by atoms with Crippen molar-refractivity contribution in [2.45, 2.75) is 47.1 Å². The molecule has 0 aliphatic carbocycles. The van der Waals surface area contributed by atoms with Crippen molar-refractivity contribution in [3.63, 3.8) is 0 Å². The van der Waals surface area contributed by atoms with Gasteiger partial charge >= 0.3 is 0 Å². The molecule has 0 heterocycles. The van der Waals surface area contributed by atoms with Gasteiger partial charge in [-0.05, 0) is 19.3 Å². The fourth-order valence-corrected chi connectivity index (χ4v) is 0.951. The lowest BCUT2D eigenvalue weighted by Gasteiger charge is -2.31. The van der Waals surface area contributed by atoms with E-state index in [9.17, 15) is 4.79 Å². The van der Waals surface area contributed by atoms with Gasteiger partial charge in [-0.1, -0.05) is 27.7 Å². The molecule has 0 amide bonds. The lowest BCUT2D eigenvalue weighted by atomic mass is 9.75. The summed E-state index contributed by atoms with van der Waals surface area (Å²) in [5, 5.41) is 0. The molecule has 0 spiro atoms. The zero-order valence-electron chi connectivity index (χ0n) is 9.06. The first-order chi connectivity index (χ1) is 5.07. The molecule has 0 aromatic rings. The summed E-state index contributed by atoms with van der Waals surface area (Å²) < 4.78 is 0. The van der Waals surface area contributed by atoms with Crippen molar-refractivity contribution in [1.29, 1.82) is 0 Å². The van der Waals surface area contributed by atoms with Crippen LogP contribution in [0.5, 0.6) is 0 Å². The van der Waals surface area contributed by atoms with E-state index in [1.165, 1.54) is 0 Å². The monoisotopic (exact) mass is 171 g/mol. The third-order valence-corrected chi connectivity index (χ3v) is 2.33. The van der Waals surface area contributed by atoms with Gasteiger partial charge < -0.3 is 5.73 Å². The number of Topliss-reactive ketones (excluding diaryl/α,β-unsaturated/α-hetero) is 1. The maximum atomic E-state index is 11.7. The Morgan fingerprint density at radius 3 is 1.58 bits per heavy atom. The molecule has 0 radical (unpaired) electrons. The predicted octanol–water partition coefficient (Wildman–Crippen LogP) is 1.98. The number of hydrogen-bond donors (Lipinski definition) is 1. The van der Waals surface area contributed by atoms with Crippen molar-refractivity contribution in [3.05, 3.63) is 0 Å². The van der Waals surface area contributed by atoms with Crippen LogP contribution in [0.2, 0.25) is 0 Å². The largest absolute Gasteiger partial charge is 0.319 e. The fourth-order valence-electron chi connectivity index (χ4n) is 0.951. The van der Waals surface area contributed by atoms with E-state index >= 15 is 0 Å². The van der Waals surface area contributed by atoms with Crippen LogP contribution in [0.25, 0.3) is 0 Å². The lowest BCUT2D eigenvalue weighted by molar-refractivity contribution is -0.129. The first-order valence-corrected chi connectivity index (χ1v) is 4.40. The van der Waals surface area contributed by atoms with Crippen LogP contribution in [-0.4, -0.2) is 11.3 Å². The molecule has 12 heavy (non-hydrogen) atoms. The smallest absolute Gasteiger partial charge is 0.155 e. The van der Waals surface area contributed by atoms with Crippen LogP contribution in [0.4, 0.5) is 0 Å². The maximum absolute atomic E-state index is 11.7. The topological polar surface area (TPSA) is 43.1 Å². The van der Waals surface area contributed by atoms with Crippen molar-refractivity contribution in [2.75, 3.05) is 0 Å². The summed E-state index contributed by atoms with van der Waals surface area (Å²) in [6.07, 6.45) is 0. The van der Waals surface area contributed by atoms with Gasteiger partial charge in [-0.2, -0.15) is 0 Å². The second-order valence-electron chi connectivity index (χ2n) is 5.17. The number of nitrogens with two attached hydrogens (primary N) is 1. The number of ketones is 1. The van der Waals surface area contributed by atoms with Crippen LogP contribution in [0.3, 0.4) is 0 Å². The highest BCUT2D eigenvalue weighted by atomic mass is 16.1. The third kappa shape index (κ3) is 2.94. The minimum absolute atomic E-state index is 0.00766. The zero-order valence-corrected chi connectivity index (χ0v) is 9.06. The number of hydrogen-bond acceptors (Lipinski definition) is 2. The summed E-state index contributed by atoms with van der Waals surface area (Å²) in [6.45, 7) is 11.6. The first kappa shape index (κ1) is 11.6. The standard InChI is InChI=1S/C10H21NO/c1-7(9(2,3)4)8(12)10(5,6)11/h7H,11H2,1-6H3. The van der Waals surface area contributed by atoms with E-state index in [1.807, 2.05) is 6.92 Å². The Kier molecular flexibility index (Phi) is 3.07. The fraction of sp³-hybridized carbons (Fsp3) is 0.900. The zero-order chi connectivity index (χ0) is 10.2. The summed E-state index contributed by atoms with van der Waals surface area (Å²) in [5.74, 6) is 0.146. The minimum Gasteiger partial charge on any atom is -0.319 e. The number of rotatable bonds is 2. The average Bonchev–Trinajstić information content (AvgIpc) is 1.80. The molecule has 1 atom stereocenters. The lowest BCUT2D eigenvalue weighted by Crippen LogP contribution is -2.47. The summed E-state index contributed by atoms with van der Waals surface area (Å²) >= 11 is 0. The average molecular weight is 171 g/mol. The van der Waals surface area contributed by atoms with Crippen molar-refractivity contribution in [2.24, 2.45) is 17.1 Å². The molecule has 0 aliphatic heterocycles. The highest BCUT2D eigenvalue weighted by Crippen LogP contribution is 2.28. The molecule has 2 nitrogen and oxygen atoms in total. The molecule has 0 aromatic carbocycles. The van der Waals surface area contributed by atoms with Gasteiger partial charge in [0.05, 0.1) is 5.54 Å². The molecule has 0 fully saturated rings. The normalized spacial score (nSPS) is 15.9. The Hall–Kier alpha value is -0.370. The molecule has 2 heteroatoms. The van der Waals surface area contributed by atoms with Crippen LogP contribution < -0.4 is 5.73 Å². The van der Waals surface area contributed by atoms with Crippen LogP contribution in [0.15, 0.2) is 0 Å². The first-order valence-electron chi connectivity index (χ1n) is 4.40. The Morgan fingerprint density at radius 2 is 1.50 bits per heavy atom. The van der Waals surface area contributed by atoms with Gasteiger partial charge in [0.2, 0.25) is 0 Å². The molecular weight excluding hydrogens is 150 g/mol. The van der Waals surface area contributed by atoms with E-state index < -0.39 is 5.54 Å². The van der Waals surface area contributed by atoms with Crippen molar-refractivity contribution in [1.82, 2.24) is 0 Å². The van der Waals surface area contributed by atoms with Crippen LogP contribution in [0, 0.1) is 11.3 Å². The Bertz CT molecular complexity index is 171. The van der Waals surface area contributed by atoms with Crippen molar-refractivity contribution < 1.29 is 4.79 Å². The summed E-state index contributed by atoms with van der Waals surface area (Å²) in [6, 6.07) is 0. The second-order valence-corrected chi connectivity index (χ2v) is 5.17. The Morgan fingerprint density at radius 1 is 1.17 bits per heavy atom. The molecule has 1 unspecified atom stereocenters. The van der Waals surface area contributed by atoms with Gasteiger partial charge in [0.15, 0.2) is 5.78 Å². The van der Waals surface area contributed by atoms with Gasteiger partial charge in [-0.3, -0.25) is 4.79 Å². The summed E-state index contributed by atoms with van der Waals surface area (Å²) in [5.41, 5.74) is 5.03. The molecule has 0 aromatic heterocycles. The van der Waals surface area contributed by atoms with E-state index in [2.05, 4.69) is 20.8 Å². The molecule has 0 saturated heterocycles. The van der Waals surface area contributed by atoms with Gasteiger partial charge in [0.25, 0.3) is 0 Å². The Balaban J connectivity index is 4.53. The van der Waals surface area contributed by atoms with Gasteiger partial charge in [0.1, 0.15) is 0 Å². The third-order valence-electron chi connectivity index (χ3n) is 2.33. The molecule has 0 aliphatic rings. The van der Waals surface area contributed by atoms with Crippen LogP contribution >= 0.6 is 0 Å². The number of carbonyl (C=O) groups is 1. The van der Waals surface area contributed by atoms with Gasteiger partial charge in [0, 0.05) is 5.92 Å². The molecule has 0 rings (SSSR count). The second kappa shape index (κ2) is 3.17. The molecule has 2 N–H and O–H groups in total. The van der Waals surface area contributed by atoms with E-state index in [0.29, 0.717) is 0 Å². The van der Waals surface area contributed by atoms with E-state index in [1.54, 1.807) is 13.8 Å². The highest BCUT2D eigenvalue weighted by Gasteiger charge is 2.34. The van der Waals surface area contributed by atoms with E-state index in [-0.39, 0.29) is 17.1 Å². The van der Waals surface area contributed by atoms with Gasteiger partial charge in [-0.25, -0.2) is 0 Å². The summed E-state index contributed by atoms with van der Waals surface area (Å²) in [4.78, 5) is 11.7. The summed E-state index contributed by atoms with van der Waals surface area (Å²) in [7, 11) is 0. The highest BCUT2D eigenvalue weighted by molar-refractivity contribution is 5.89. The predicted molar refractivity (Wildman–Crippen MR) is 51.9 cm³/mol. The number of carbonyl (C=O) groups excluding carboxylic acids is 1. The van der Waals surface area contributed by atoms with Crippen LogP contribution in [-0.2, 0) is 4.79 Å². The van der Waals surface area contributed by atoms with E-state index in [0.717, 1.165) is 0 Å². The van der Waals surface area contributed by atoms with Crippen molar-refractivity contribution in [3.8, 4) is 0 Å². The maximum Gasteiger partial charge on any atom is 0.155 e. The Labute approximate surface area is 75.5 Å². The SMILES string of the molecule is CC(C(=O)C(C)(C)N)C(C)(C)C. The van der Waals surface area contributed by atoms with E-state index in [4.69, 9.17) is 5.73 Å². The minimum atomic E-state index is -0.702. The molecule has 0 bridgehead atoms. The van der Waals surface area contributed by atoms with Crippen LogP contribution in [0.1, 0.15) is 41.5 Å². The quantitative estimate of drug-likeness (QED) is 0.690. The van der Waals surface area contributed by atoms with Gasteiger partial charge in [-0.15, -0.1) is 0 Å². The molecule has 72 valence electrons.